The van der Waals surface area contributed by atoms with E-state index in [4.69, 9.17) is 0 Å². The Bertz CT molecular complexity index is 551. The minimum absolute atomic E-state index is 0.0802. The molecule has 0 radical (unpaired) electrons. The first kappa shape index (κ1) is 14.4. The number of aryl methyl sites for hydroxylation is 1. The van der Waals surface area contributed by atoms with Gasteiger partial charge in [-0.3, -0.25) is 9.59 Å². The van der Waals surface area contributed by atoms with Gasteiger partial charge in [0.1, 0.15) is 5.69 Å². The molecule has 0 aromatic carbocycles. The molecule has 3 rings (SSSR count). The summed E-state index contributed by atoms with van der Waals surface area (Å²) in [4.78, 5) is 30.1. The van der Waals surface area contributed by atoms with Crippen molar-refractivity contribution in [3.8, 4) is 0 Å². The molecule has 1 aromatic rings. The smallest absolute Gasteiger partial charge is 0.270 e. The van der Waals surface area contributed by atoms with E-state index in [1.54, 1.807) is 0 Å². The van der Waals surface area contributed by atoms with Crippen LogP contribution in [0.25, 0.3) is 0 Å². The fourth-order valence-corrected chi connectivity index (χ4v) is 3.60. The van der Waals surface area contributed by atoms with Gasteiger partial charge in [0.15, 0.2) is 5.78 Å². The summed E-state index contributed by atoms with van der Waals surface area (Å²) in [5.74, 6) is 0.272. The molecule has 2 heterocycles. The van der Waals surface area contributed by atoms with E-state index < -0.39 is 0 Å². The molecule has 4 nitrogen and oxygen atoms in total. The van der Waals surface area contributed by atoms with Crippen LogP contribution in [0.2, 0.25) is 0 Å². The van der Waals surface area contributed by atoms with Crippen LogP contribution in [0.1, 0.15) is 77.0 Å². The number of hydrogen-bond acceptors (Lipinski definition) is 2. The molecule has 0 saturated carbocycles. The summed E-state index contributed by atoms with van der Waals surface area (Å²) in [5.41, 5.74) is 3.27. The van der Waals surface area contributed by atoms with Gasteiger partial charge in [-0.2, -0.15) is 0 Å². The maximum atomic E-state index is 12.8. The lowest BCUT2D eigenvalue weighted by molar-refractivity contribution is 0.0736. The quantitative estimate of drug-likeness (QED) is 0.862. The number of carbonyl (C=O) groups excluding carboxylic acids is 2. The van der Waals surface area contributed by atoms with Gasteiger partial charge in [0, 0.05) is 30.8 Å². The van der Waals surface area contributed by atoms with Crippen molar-refractivity contribution < 1.29 is 9.59 Å². The van der Waals surface area contributed by atoms with E-state index in [2.05, 4.69) is 4.98 Å². The number of H-pyrrole nitrogens is 1. The average molecular weight is 288 g/mol. The molecule has 1 aliphatic heterocycles. The van der Waals surface area contributed by atoms with Gasteiger partial charge in [0.2, 0.25) is 0 Å². The van der Waals surface area contributed by atoms with E-state index in [1.165, 1.54) is 19.3 Å². The number of aromatic amines is 1. The first-order valence-corrected chi connectivity index (χ1v) is 8.22. The largest absolute Gasteiger partial charge is 0.354 e. The van der Waals surface area contributed by atoms with Crippen LogP contribution in [0.15, 0.2) is 0 Å². The van der Waals surface area contributed by atoms with E-state index in [1.807, 2.05) is 11.8 Å². The number of carbonyl (C=O) groups is 2. The fourth-order valence-electron chi connectivity index (χ4n) is 3.60. The summed E-state index contributed by atoms with van der Waals surface area (Å²) in [6.07, 6.45) is 8.27. The third-order valence-corrected chi connectivity index (χ3v) is 4.79. The van der Waals surface area contributed by atoms with Crippen LogP contribution in [-0.2, 0) is 6.42 Å². The van der Waals surface area contributed by atoms with Crippen molar-refractivity contribution in [1.29, 1.82) is 0 Å². The number of aromatic nitrogens is 1. The maximum Gasteiger partial charge on any atom is 0.270 e. The number of likely N-dealkylation sites (tertiary alicyclic amines) is 1. The maximum absolute atomic E-state index is 12.8. The van der Waals surface area contributed by atoms with Crippen LogP contribution in [0.4, 0.5) is 0 Å². The van der Waals surface area contributed by atoms with Gasteiger partial charge >= 0.3 is 0 Å². The number of nitrogens with zero attached hydrogens (tertiary/aromatic N) is 1. The van der Waals surface area contributed by atoms with E-state index in [-0.39, 0.29) is 11.7 Å². The van der Waals surface area contributed by atoms with Crippen molar-refractivity contribution in [1.82, 2.24) is 9.88 Å². The predicted molar refractivity (Wildman–Crippen MR) is 81.8 cm³/mol. The van der Waals surface area contributed by atoms with Crippen molar-refractivity contribution >= 4 is 11.7 Å². The Hall–Kier alpha value is -1.58. The van der Waals surface area contributed by atoms with Crippen LogP contribution in [-0.4, -0.2) is 34.7 Å². The molecule has 0 spiro atoms. The van der Waals surface area contributed by atoms with Gasteiger partial charge in [0.05, 0.1) is 0 Å². The minimum Gasteiger partial charge on any atom is -0.354 e. The number of nitrogens with one attached hydrogen (secondary N) is 1. The third-order valence-electron chi connectivity index (χ3n) is 4.79. The number of fused-ring (bicyclic) bond motifs is 1. The summed E-state index contributed by atoms with van der Waals surface area (Å²) < 4.78 is 0. The minimum atomic E-state index is 0.0802. The van der Waals surface area contributed by atoms with Gasteiger partial charge < -0.3 is 9.88 Å². The highest BCUT2D eigenvalue weighted by atomic mass is 16.2. The first-order valence-electron chi connectivity index (χ1n) is 8.22. The molecular formula is C17H24N2O2. The van der Waals surface area contributed by atoms with Gasteiger partial charge in [-0.05, 0) is 38.2 Å². The molecule has 0 unspecified atom stereocenters. The zero-order valence-corrected chi connectivity index (χ0v) is 12.8. The Morgan fingerprint density at radius 2 is 1.67 bits per heavy atom. The highest BCUT2D eigenvalue weighted by Gasteiger charge is 2.28. The van der Waals surface area contributed by atoms with Crippen molar-refractivity contribution in [2.75, 3.05) is 13.1 Å². The number of Topliss-reactive ketones (excluding diaryl/α,β-unsaturated/α-hetero) is 1. The second-order valence-electron chi connectivity index (χ2n) is 6.32. The van der Waals surface area contributed by atoms with Crippen molar-refractivity contribution in [3.63, 3.8) is 0 Å². The third kappa shape index (κ3) is 2.76. The van der Waals surface area contributed by atoms with Crippen LogP contribution in [0.3, 0.4) is 0 Å². The lowest BCUT2D eigenvalue weighted by Gasteiger charge is -2.24. The molecule has 4 heteroatoms. The zero-order valence-electron chi connectivity index (χ0n) is 12.8. The molecule has 1 N–H and O–H groups in total. The van der Waals surface area contributed by atoms with Gasteiger partial charge in [-0.25, -0.2) is 0 Å². The van der Waals surface area contributed by atoms with Crippen molar-refractivity contribution in [2.45, 2.75) is 58.3 Å². The number of rotatable bonds is 1. The average Bonchev–Trinajstić information content (AvgIpc) is 2.76. The Morgan fingerprint density at radius 3 is 2.33 bits per heavy atom. The molecule has 2 aliphatic rings. The van der Waals surface area contributed by atoms with E-state index in [0.717, 1.165) is 55.6 Å². The molecule has 1 fully saturated rings. The van der Waals surface area contributed by atoms with E-state index >= 15 is 0 Å². The second kappa shape index (κ2) is 6.04. The monoisotopic (exact) mass is 288 g/mol. The molecule has 114 valence electrons. The van der Waals surface area contributed by atoms with Crippen LogP contribution in [0.5, 0.6) is 0 Å². The molecule has 1 aromatic heterocycles. The number of amides is 1. The number of ketones is 1. The first-order chi connectivity index (χ1) is 10.2. The summed E-state index contributed by atoms with van der Waals surface area (Å²) in [5, 5.41) is 0. The molecule has 1 amide bonds. The van der Waals surface area contributed by atoms with E-state index in [0.29, 0.717) is 12.1 Å². The van der Waals surface area contributed by atoms with E-state index in [9.17, 15) is 9.59 Å². The fraction of sp³-hybridized carbons (Fsp3) is 0.647. The molecule has 0 atom stereocenters. The summed E-state index contributed by atoms with van der Waals surface area (Å²) in [7, 11) is 0. The molecule has 21 heavy (non-hydrogen) atoms. The van der Waals surface area contributed by atoms with Crippen LogP contribution >= 0.6 is 0 Å². The van der Waals surface area contributed by atoms with Crippen LogP contribution in [0, 0.1) is 6.92 Å². The Morgan fingerprint density at radius 1 is 1.00 bits per heavy atom. The van der Waals surface area contributed by atoms with Gasteiger partial charge in [-0.1, -0.05) is 19.3 Å². The predicted octanol–water partition coefficient (Wildman–Crippen LogP) is 3.25. The van der Waals surface area contributed by atoms with Crippen LogP contribution < -0.4 is 0 Å². The summed E-state index contributed by atoms with van der Waals surface area (Å²) >= 11 is 0. The lowest BCUT2D eigenvalue weighted by atomic mass is 9.93. The van der Waals surface area contributed by atoms with Gasteiger partial charge in [-0.15, -0.1) is 0 Å². The highest BCUT2D eigenvalue weighted by Crippen LogP contribution is 2.27. The van der Waals surface area contributed by atoms with Gasteiger partial charge in [0.25, 0.3) is 5.91 Å². The molecule has 1 saturated heterocycles. The Balaban J connectivity index is 1.85. The molecular weight excluding hydrogens is 264 g/mol. The van der Waals surface area contributed by atoms with Crippen molar-refractivity contribution in [2.24, 2.45) is 0 Å². The second-order valence-corrected chi connectivity index (χ2v) is 6.32. The lowest BCUT2D eigenvalue weighted by Crippen LogP contribution is -2.34. The zero-order chi connectivity index (χ0) is 14.8. The molecule has 0 bridgehead atoms. The summed E-state index contributed by atoms with van der Waals surface area (Å²) in [6.45, 7) is 3.60. The Labute approximate surface area is 125 Å². The summed E-state index contributed by atoms with van der Waals surface area (Å²) in [6, 6.07) is 0. The SMILES string of the molecule is Cc1c(C(=O)N2CCCCCCC2)[nH]c2c1C(=O)CCC2. The topological polar surface area (TPSA) is 53.2 Å². The van der Waals surface area contributed by atoms with Crippen molar-refractivity contribution in [3.05, 3.63) is 22.5 Å². The molecule has 1 aliphatic carbocycles. The standard InChI is InChI=1S/C17H24N2O2/c1-12-15-13(8-7-9-14(15)20)18-16(12)17(21)19-10-5-3-2-4-6-11-19/h18H,2-11H2,1H3. The highest BCUT2D eigenvalue weighted by molar-refractivity contribution is 6.04. The Kier molecular flexibility index (Phi) is 4.13. The normalized spacial score (nSPS) is 19.9. The number of hydrogen-bond donors (Lipinski definition) is 1.